The maximum absolute atomic E-state index is 12.7. The third-order valence-corrected chi connectivity index (χ3v) is 6.03. The first kappa shape index (κ1) is 17.6. The Morgan fingerprint density at radius 2 is 1.76 bits per heavy atom. The monoisotopic (exact) mass is 363 g/mol. The van der Waals surface area contributed by atoms with E-state index in [9.17, 15) is 13.2 Å². The van der Waals surface area contributed by atoms with Gasteiger partial charge in [0.15, 0.2) is 0 Å². The van der Waals surface area contributed by atoms with Gasteiger partial charge in [-0.2, -0.15) is 9.40 Å². The smallest absolute Gasteiger partial charge is 0.246 e. The van der Waals surface area contributed by atoms with Crippen LogP contribution in [-0.4, -0.2) is 46.5 Å². The summed E-state index contributed by atoms with van der Waals surface area (Å²) in [6, 6.07) is 6.27. The maximum atomic E-state index is 12.7. The van der Waals surface area contributed by atoms with Gasteiger partial charge in [-0.15, -0.1) is 0 Å². The summed E-state index contributed by atoms with van der Waals surface area (Å²) >= 11 is 0. The third-order valence-electron chi connectivity index (χ3n) is 4.11. The predicted molar refractivity (Wildman–Crippen MR) is 92.3 cm³/mol. The Labute approximate surface area is 146 Å². The fourth-order valence-electron chi connectivity index (χ4n) is 2.80. The lowest BCUT2D eigenvalue weighted by Gasteiger charge is -2.20. The molecule has 1 aliphatic rings. The van der Waals surface area contributed by atoms with Gasteiger partial charge in [0.25, 0.3) is 0 Å². The number of nitrogens with one attached hydrogen (secondary N) is 1. The second-order valence-electron chi connectivity index (χ2n) is 5.98. The summed E-state index contributed by atoms with van der Waals surface area (Å²) in [6.07, 6.45) is 6.75. The number of aromatic nitrogens is 3. The van der Waals surface area contributed by atoms with Crippen LogP contribution in [0, 0.1) is 0 Å². The Hall–Kier alpha value is -2.26. The lowest BCUT2D eigenvalue weighted by atomic mass is 10.2. The molecule has 25 heavy (non-hydrogen) atoms. The largest absolute Gasteiger partial charge is 0.324 e. The summed E-state index contributed by atoms with van der Waals surface area (Å²) in [6.45, 7) is 1.19. The summed E-state index contributed by atoms with van der Waals surface area (Å²) in [7, 11) is -3.47. The number of carbonyl (C=O) groups excluding carboxylic acids is 1. The Morgan fingerprint density at radius 1 is 1.08 bits per heavy atom. The molecule has 0 spiro atoms. The van der Waals surface area contributed by atoms with E-state index in [1.807, 2.05) is 0 Å². The molecule has 1 fully saturated rings. The summed E-state index contributed by atoms with van der Waals surface area (Å²) in [5.74, 6) is -0.256. The van der Waals surface area contributed by atoms with Crippen LogP contribution in [-0.2, 0) is 21.4 Å². The number of rotatable bonds is 5. The molecule has 1 amide bonds. The third kappa shape index (κ3) is 4.43. The van der Waals surface area contributed by atoms with Crippen molar-refractivity contribution in [2.24, 2.45) is 0 Å². The van der Waals surface area contributed by atoms with Gasteiger partial charge in [-0.25, -0.2) is 18.1 Å². The molecule has 2 aromatic rings. The molecule has 0 bridgehead atoms. The van der Waals surface area contributed by atoms with Crippen LogP contribution in [0.25, 0.3) is 0 Å². The van der Waals surface area contributed by atoms with E-state index in [-0.39, 0.29) is 17.3 Å². The van der Waals surface area contributed by atoms with Crippen molar-refractivity contribution in [1.29, 1.82) is 0 Å². The van der Waals surface area contributed by atoms with Crippen molar-refractivity contribution in [1.82, 2.24) is 19.1 Å². The van der Waals surface area contributed by atoms with Gasteiger partial charge in [-0.3, -0.25) is 4.79 Å². The fraction of sp³-hybridized carbons (Fsp3) is 0.438. The van der Waals surface area contributed by atoms with E-state index >= 15 is 0 Å². The first-order valence-electron chi connectivity index (χ1n) is 8.28. The Bertz CT molecular complexity index is 795. The van der Waals surface area contributed by atoms with Gasteiger partial charge in [0, 0.05) is 18.8 Å². The van der Waals surface area contributed by atoms with Gasteiger partial charge in [0.1, 0.15) is 19.2 Å². The Morgan fingerprint density at radius 3 is 2.36 bits per heavy atom. The van der Waals surface area contributed by atoms with Crippen LogP contribution in [0.1, 0.15) is 25.7 Å². The minimum absolute atomic E-state index is 0.0494. The van der Waals surface area contributed by atoms with Gasteiger partial charge in [0.05, 0.1) is 4.90 Å². The number of nitrogens with zero attached hydrogens (tertiary/aromatic N) is 4. The first-order valence-corrected chi connectivity index (χ1v) is 9.72. The van der Waals surface area contributed by atoms with Crippen LogP contribution in [0.5, 0.6) is 0 Å². The fourth-order valence-corrected chi connectivity index (χ4v) is 4.32. The van der Waals surface area contributed by atoms with Crippen LogP contribution in [0.2, 0.25) is 0 Å². The molecule has 0 atom stereocenters. The van der Waals surface area contributed by atoms with Gasteiger partial charge in [-0.1, -0.05) is 12.8 Å². The first-order chi connectivity index (χ1) is 12.1. The Kier molecular flexibility index (Phi) is 5.44. The van der Waals surface area contributed by atoms with Crippen molar-refractivity contribution >= 4 is 21.6 Å². The van der Waals surface area contributed by atoms with E-state index in [2.05, 4.69) is 15.4 Å². The van der Waals surface area contributed by atoms with Crippen molar-refractivity contribution < 1.29 is 13.2 Å². The minimum Gasteiger partial charge on any atom is -0.324 e. The van der Waals surface area contributed by atoms with E-state index in [1.54, 1.807) is 16.4 Å². The molecular weight excluding hydrogens is 342 g/mol. The van der Waals surface area contributed by atoms with Crippen molar-refractivity contribution in [2.45, 2.75) is 37.1 Å². The van der Waals surface area contributed by atoms with Crippen molar-refractivity contribution in [3.63, 3.8) is 0 Å². The molecule has 1 aliphatic heterocycles. The van der Waals surface area contributed by atoms with Gasteiger partial charge >= 0.3 is 0 Å². The summed E-state index contributed by atoms with van der Waals surface area (Å²) in [5.41, 5.74) is 0.542. The molecule has 3 rings (SSSR count). The van der Waals surface area contributed by atoms with Crippen LogP contribution in [0.15, 0.2) is 41.8 Å². The predicted octanol–water partition coefficient (Wildman–Crippen LogP) is 1.48. The van der Waals surface area contributed by atoms with E-state index in [0.29, 0.717) is 18.8 Å². The number of anilines is 1. The average Bonchev–Trinajstić information content (AvgIpc) is 2.94. The molecule has 0 radical (unpaired) electrons. The molecule has 2 heterocycles. The summed E-state index contributed by atoms with van der Waals surface area (Å²) < 4.78 is 28.4. The van der Waals surface area contributed by atoms with E-state index in [0.717, 1.165) is 25.7 Å². The molecule has 134 valence electrons. The number of benzene rings is 1. The molecule has 1 saturated heterocycles. The number of hydrogen-bond acceptors (Lipinski definition) is 5. The zero-order chi connectivity index (χ0) is 17.7. The quantitative estimate of drug-likeness (QED) is 0.868. The van der Waals surface area contributed by atoms with Gasteiger partial charge < -0.3 is 5.32 Å². The highest BCUT2D eigenvalue weighted by Gasteiger charge is 2.24. The van der Waals surface area contributed by atoms with E-state index < -0.39 is 10.0 Å². The lowest BCUT2D eigenvalue weighted by Crippen LogP contribution is -2.31. The molecular formula is C16H21N5O3S. The van der Waals surface area contributed by atoms with E-state index in [1.165, 1.54) is 29.5 Å². The second kappa shape index (κ2) is 7.75. The van der Waals surface area contributed by atoms with Crippen molar-refractivity contribution in [3.05, 3.63) is 36.9 Å². The molecule has 1 N–H and O–H groups in total. The number of carbonyl (C=O) groups is 1. The number of amides is 1. The van der Waals surface area contributed by atoms with Crippen LogP contribution in [0.3, 0.4) is 0 Å². The highest BCUT2D eigenvalue weighted by atomic mass is 32.2. The molecule has 1 aromatic heterocycles. The molecule has 9 heteroatoms. The zero-order valence-electron chi connectivity index (χ0n) is 13.8. The highest BCUT2D eigenvalue weighted by Crippen LogP contribution is 2.21. The molecule has 0 saturated carbocycles. The standard InChI is InChI=1S/C16H21N5O3S/c22-16(11-20-13-17-12-18-20)19-14-5-7-15(8-6-14)25(23,24)21-9-3-1-2-4-10-21/h5-8,12-13H,1-4,9-11H2,(H,19,22). The molecule has 1 aromatic carbocycles. The SMILES string of the molecule is O=C(Cn1cncn1)Nc1ccc(S(=O)(=O)N2CCCCCC2)cc1. The number of hydrogen-bond donors (Lipinski definition) is 1. The van der Waals surface area contributed by atoms with E-state index in [4.69, 9.17) is 0 Å². The molecule has 0 aliphatic carbocycles. The summed E-state index contributed by atoms with van der Waals surface area (Å²) in [5, 5.41) is 6.58. The molecule has 8 nitrogen and oxygen atoms in total. The minimum atomic E-state index is -3.47. The molecule has 0 unspecified atom stereocenters. The van der Waals surface area contributed by atoms with Crippen LogP contribution >= 0.6 is 0 Å². The van der Waals surface area contributed by atoms with Crippen molar-refractivity contribution in [3.8, 4) is 0 Å². The number of sulfonamides is 1. The zero-order valence-corrected chi connectivity index (χ0v) is 14.7. The van der Waals surface area contributed by atoms with Crippen LogP contribution in [0.4, 0.5) is 5.69 Å². The highest BCUT2D eigenvalue weighted by molar-refractivity contribution is 7.89. The van der Waals surface area contributed by atoms with Crippen molar-refractivity contribution in [2.75, 3.05) is 18.4 Å². The average molecular weight is 363 g/mol. The van der Waals surface area contributed by atoms with Crippen LogP contribution < -0.4 is 5.32 Å². The summed E-state index contributed by atoms with van der Waals surface area (Å²) in [4.78, 5) is 15.9. The lowest BCUT2D eigenvalue weighted by molar-refractivity contribution is -0.116. The van der Waals surface area contributed by atoms with Gasteiger partial charge in [0.2, 0.25) is 15.9 Å². The Balaban J connectivity index is 1.65. The maximum Gasteiger partial charge on any atom is 0.246 e. The normalized spacial score (nSPS) is 16.3. The van der Waals surface area contributed by atoms with Gasteiger partial charge in [-0.05, 0) is 37.1 Å². The topological polar surface area (TPSA) is 97.2 Å². The second-order valence-corrected chi connectivity index (χ2v) is 7.92.